The van der Waals surface area contributed by atoms with Gasteiger partial charge in [0.05, 0.1) is 13.2 Å². The molecule has 0 spiro atoms. The van der Waals surface area contributed by atoms with Crippen molar-refractivity contribution in [2.75, 3.05) is 46.9 Å². The Kier molecular flexibility index (Phi) is 4.78. The first-order chi connectivity index (χ1) is 10.3. The first kappa shape index (κ1) is 14.8. The van der Waals surface area contributed by atoms with Crippen LogP contribution in [0.3, 0.4) is 0 Å². The van der Waals surface area contributed by atoms with E-state index in [1.807, 2.05) is 0 Å². The van der Waals surface area contributed by atoms with Crippen LogP contribution in [0.4, 0.5) is 0 Å². The van der Waals surface area contributed by atoms with Gasteiger partial charge in [-0.2, -0.15) is 0 Å². The molecule has 3 rings (SSSR count). The molecule has 4 nitrogen and oxygen atoms in total. The van der Waals surface area contributed by atoms with E-state index in [2.05, 4.69) is 46.4 Å². The molecular weight excluding hydrogens is 262 g/mol. The van der Waals surface area contributed by atoms with Crippen molar-refractivity contribution in [1.82, 2.24) is 15.1 Å². The molecule has 1 aromatic rings. The number of hydrogen-bond acceptors (Lipinski definition) is 4. The Bertz CT molecular complexity index is 457. The zero-order chi connectivity index (χ0) is 14.7. The summed E-state index contributed by atoms with van der Waals surface area (Å²) in [4.78, 5) is 5.15. The number of nitrogens with zero attached hydrogens (tertiary/aromatic N) is 2. The third-order valence-electron chi connectivity index (χ3n) is 4.94. The molecule has 1 atom stereocenters. The molecule has 116 valence electrons. The van der Waals surface area contributed by atoms with Crippen molar-refractivity contribution in [2.24, 2.45) is 0 Å². The molecule has 0 unspecified atom stereocenters. The molecule has 0 aromatic heterocycles. The largest absolute Gasteiger partial charge is 0.496 e. The molecule has 0 saturated carbocycles. The van der Waals surface area contributed by atoms with E-state index in [1.54, 1.807) is 7.11 Å². The predicted molar refractivity (Wildman–Crippen MR) is 85.8 cm³/mol. The smallest absolute Gasteiger partial charge is 0.123 e. The number of benzene rings is 1. The van der Waals surface area contributed by atoms with Crippen LogP contribution in [0.1, 0.15) is 24.4 Å². The Morgan fingerprint density at radius 1 is 1.14 bits per heavy atom. The lowest BCUT2D eigenvalue weighted by molar-refractivity contribution is 0.0627. The van der Waals surface area contributed by atoms with E-state index in [4.69, 9.17) is 4.74 Å². The predicted octanol–water partition coefficient (Wildman–Crippen LogP) is 1.74. The van der Waals surface area contributed by atoms with Crippen molar-refractivity contribution in [3.63, 3.8) is 0 Å². The van der Waals surface area contributed by atoms with Crippen molar-refractivity contribution >= 4 is 0 Å². The van der Waals surface area contributed by atoms with Crippen LogP contribution in [0.25, 0.3) is 0 Å². The number of likely N-dealkylation sites (tertiary alicyclic amines) is 1. The van der Waals surface area contributed by atoms with Gasteiger partial charge in [0, 0.05) is 31.2 Å². The van der Waals surface area contributed by atoms with E-state index in [0.29, 0.717) is 12.1 Å². The highest BCUT2D eigenvalue weighted by Crippen LogP contribution is 2.33. The highest BCUT2D eigenvalue weighted by atomic mass is 16.5. The number of hydrogen-bond donors (Lipinski definition) is 1. The van der Waals surface area contributed by atoms with Crippen molar-refractivity contribution in [1.29, 1.82) is 0 Å². The fraction of sp³-hybridized carbons (Fsp3) is 0.647. The maximum absolute atomic E-state index is 5.59. The van der Waals surface area contributed by atoms with E-state index < -0.39 is 0 Å². The molecule has 2 saturated heterocycles. The Labute approximate surface area is 128 Å². The third-order valence-corrected chi connectivity index (χ3v) is 4.94. The van der Waals surface area contributed by atoms with Gasteiger partial charge in [-0.25, -0.2) is 0 Å². The van der Waals surface area contributed by atoms with Gasteiger partial charge in [0.2, 0.25) is 0 Å². The van der Waals surface area contributed by atoms with Gasteiger partial charge in [0.25, 0.3) is 0 Å². The first-order valence-electron chi connectivity index (χ1n) is 8.07. The highest BCUT2D eigenvalue weighted by molar-refractivity contribution is 5.36. The van der Waals surface area contributed by atoms with Crippen molar-refractivity contribution < 1.29 is 4.74 Å². The van der Waals surface area contributed by atoms with Gasteiger partial charge in [-0.1, -0.05) is 18.2 Å². The van der Waals surface area contributed by atoms with Crippen LogP contribution in [-0.4, -0.2) is 62.7 Å². The molecular formula is C17H27N3O. The molecule has 2 aliphatic rings. The zero-order valence-corrected chi connectivity index (χ0v) is 13.2. The van der Waals surface area contributed by atoms with Gasteiger partial charge in [0.15, 0.2) is 0 Å². The Hall–Kier alpha value is -1.10. The summed E-state index contributed by atoms with van der Waals surface area (Å²) in [5.74, 6) is 1.02. The lowest BCUT2D eigenvalue weighted by Gasteiger charge is -2.44. The maximum Gasteiger partial charge on any atom is 0.123 e. The number of nitrogens with one attached hydrogen (secondary N) is 1. The van der Waals surface area contributed by atoms with Crippen LogP contribution in [0, 0.1) is 0 Å². The topological polar surface area (TPSA) is 27.7 Å². The second kappa shape index (κ2) is 6.77. The molecule has 4 heteroatoms. The van der Waals surface area contributed by atoms with Gasteiger partial charge < -0.3 is 15.0 Å². The van der Waals surface area contributed by atoms with Crippen LogP contribution in [0.15, 0.2) is 24.3 Å². The monoisotopic (exact) mass is 289 g/mol. The number of rotatable bonds is 3. The molecule has 0 aliphatic carbocycles. The molecule has 1 aromatic carbocycles. The molecule has 1 N–H and O–H groups in total. The van der Waals surface area contributed by atoms with E-state index in [-0.39, 0.29) is 0 Å². The average molecular weight is 289 g/mol. The first-order valence-corrected chi connectivity index (χ1v) is 8.07. The Balaban J connectivity index is 1.81. The third kappa shape index (κ3) is 3.23. The van der Waals surface area contributed by atoms with Gasteiger partial charge in [-0.3, -0.25) is 4.90 Å². The van der Waals surface area contributed by atoms with Gasteiger partial charge in [-0.15, -0.1) is 0 Å². The fourth-order valence-electron chi connectivity index (χ4n) is 3.71. The molecule has 0 bridgehead atoms. The lowest BCUT2D eigenvalue weighted by Crippen LogP contribution is -2.53. The number of para-hydroxylation sites is 1. The summed E-state index contributed by atoms with van der Waals surface area (Å²) < 4.78 is 5.59. The number of piperidine rings is 1. The summed E-state index contributed by atoms with van der Waals surface area (Å²) in [6.45, 7) is 5.68. The van der Waals surface area contributed by atoms with E-state index in [1.165, 1.54) is 31.5 Å². The summed E-state index contributed by atoms with van der Waals surface area (Å²) in [6.07, 6.45) is 2.56. The van der Waals surface area contributed by atoms with Crippen molar-refractivity contribution in [3.05, 3.63) is 29.8 Å². The minimum absolute atomic E-state index is 0.434. The van der Waals surface area contributed by atoms with Crippen LogP contribution >= 0.6 is 0 Å². The standard InChI is InChI=1S/C17H27N3O/c1-19-10-7-14(8-11-19)20-12-9-18-13-16(20)15-5-3-4-6-17(15)21-2/h3-6,14,16,18H,7-13H2,1-2H3/t16-/m1/s1. The van der Waals surface area contributed by atoms with Crippen molar-refractivity contribution in [2.45, 2.75) is 24.9 Å². The normalized spacial score (nSPS) is 25.9. The van der Waals surface area contributed by atoms with Crippen LogP contribution < -0.4 is 10.1 Å². The SMILES string of the molecule is COc1ccccc1[C@H]1CNCCN1C1CCN(C)CC1. The number of piperazine rings is 1. The van der Waals surface area contributed by atoms with Crippen molar-refractivity contribution in [3.8, 4) is 5.75 Å². The summed E-state index contributed by atoms with van der Waals surface area (Å²) >= 11 is 0. The minimum atomic E-state index is 0.434. The van der Waals surface area contributed by atoms with Gasteiger partial charge in [-0.05, 0) is 39.0 Å². The molecule has 21 heavy (non-hydrogen) atoms. The van der Waals surface area contributed by atoms with Crippen LogP contribution in [0.5, 0.6) is 5.75 Å². The number of ether oxygens (including phenoxy) is 1. The van der Waals surface area contributed by atoms with Crippen LogP contribution in [0.2, 0.25) is 0 Å². The average Bonchev–Trinajstić information content (AvgIpc) is 2.55. The summed E-state index contributed by atoms with van der Waals surface area (Å²) in [5, 5.41) is 3.55. The lowest BCUT2D eigenvalue weighted by atomic mass is 9.96. The number of methoxy groups -OCH3 is 1. The van der Waals surface area contributed by atoms with E-state index >= 15 is 0 Å². The quantitative estimate of drug-likeness (QED) is 0.917. The van der Waals surface area contributed by atoms with Crippen LogP contribution in [-0.2, 0) is 0 Å². The molecule has 0 amide bonds. The second-order valence-electron chi connectivity index (χ2n) is 6.23. The summed E-state index contributed by atoms with van der Waals surface area (Å²) in [6, 6.07) is 9.62. The molecule has 2 fully saturated rings. The van der Waals surface area contributed by atoms with Gasteiger partial charge in [0.1, 0.15) is 5.75 Å². The molecule has 2 aliphatic heterocycles. The second-order valence-corrected chi connectivity index (χ2v) is 6.23. The molecule has 0 radical (unpaired) electrons. The van der Waals surface area contributed by atoms with E-state index in [9.17, 15) is 0 Å². The fourth-order valence-corrected chi connectivity index (χ4v) is 3.71. The minimum Gasteiger partial charge on any atom is -0.496 e. The van der Waals surface area contributed by atoms with E-state index in [0.717, 1.165) is 25.4 Å². The Morgan fingerprint density at radius 2 is 1.90 bits per heavy atom. The highest BCUT2D eigenvalue weighted by Gasteiger charge is 2.32. The van der Waals surface area contributed by atoms with Gasteiger partial charge >= 0.3 is 0 Å². The maximum atomic E-state index is 5.59. The summed E-state index contributed by atoms with van der Waals surface area (Å²) in [7, 11) is 4.00. The zero-order valence-electron chi connectivity index (χ0n) is 13.2. The Morgan fingerprint density at radius 3 is 2.67 bits per heavy atom. The summed E-state index contributed by atoms with van der Waals surface area (Å²) in [5.41, 5.74) is 1.33. The molecule has 2 heterocycles.